The van der Waals surface area contributed by atoms with E-state index in [0.29, 0.717) is 22.1 Å². The Morgan fingerprint density at radius 1 is 1.30 bits per heavy atom. The number of benzene rings is 1. The first-order valence-electron chi connectivity index (χ1n) is 5.45. The van der Waals surface area contributed by atoms with Gasteiger partial charge in [0, 0.05) is 0 Å². The molecule has 7 nitrogen and oxygen atoms in total. The molecule has 0 saturated heterocycles. The summed E-state index contributed by atoms with van der Waals surface area (Å²) in [5, 5.41) is 19.1. The fourth-order valence-corrected chi connectivity index (χ4v) is 1.57. The SMILES string of the molecule is N#Cc1ccc(Cl)c(NC(=O)c2ccc(NN)nn2)c1. The van der Waals surface area contributed by atoms with Crippen molar-refractivity contribution in [2.75, 3.05) is 10.7 Å². The number of nitrogens with one attached hydrogen (secondary N) is 2. The number of rotatable bonds is 3. The van der Waals surface area contributed by atoms with Crippen molar-refractivity contribution in [3.05, 3.63) is 46.6 Å². The number of carbonyl (C=O) groups excluding carboxylic acids is 1. The number of nitrogens with two attached hydrogens (primary N) is 1. The lowest BCUT2D eigenvalue weighted by atomic mass is 10.2. The van der Waals surface area contributed by atoms with E-state index in [1.165, 1.54) is 24.3 Å². The summed E-state index contributed by atoms with van der Waals surface area (Å²) in [5.41, 5.74) is 3.12. The van der Waals surface area contributed by atoms with E-state index in [1.807, 2.05) is 6.07 Å². The van der Waals surface area contributed by atoms with E-state index >= 15 is 0 Å². The zero-order valence-electron chi connectivity index (χ0n) is 10.1. The lowest BCUT2D eigenvalue weighted by molar-refractivity contribution is 0.102. The second kappa shape index (κ2) is 5.97. The summed E-state index contributed by atoms with van der Waals surface area (Å²) in [6, 6.07) is 9.49. The summed E-state index contributed by atoms with van der Waals surface area (Å²) in [6.45, 7) is 0. The summed E-state index contributed by atoms with van der Waals surface area (Å²) in [4.78, 5) is 12.0. The Bertz CT molecular complexity index is 679. The molecule has 1 heterocycles. The standard InChI is InChI=1S/C12H9ClN6O/c13-8-2-1-7(6-14)5-10(8)16-12(20)9-3-4-11(17-15)19-18-9/h1-5H,15H2,(H,16,20)(H,17,19). The van der Waals surface area contributed by atoms with E-state index in [9.17, 15) is 4.79 Å². The zero-order valence-corrected chi connectivity index (χ0v) is 10.8. The van der Waals surface area contributed by atoms with Crippen LogP contribution in [-0.4, -0.2) is 16.1 Å². The second-order valence-electron chi connectivity index (χ2n) is 3.71. The van der Waals surface area contributed by atoms with Crippen LogP contribution in [0.2, 0.25) is 5.02 Å². The van der Waals surface area contributed by atoms with Crippen molar-refractivity contribution < 1.29 is 4.79 Å². The Kier molecular flexibility index (Phi) is 4.10. The number of halogens is 1. The molecule has 0 spiro atoms. The van der Waals surface area contributed by atoms with Gasteiger partial charge in [-0.1, -0.05) is 11.6 Å². The van der Waals surface area contributed by atoms with Crippen LogP contribution in [0.3, 0.4) is 0 Å². The number of hydrogen-bond donors (Lipinski definition) is 3. The third-order valence-electron chi connectivity index (χ3n) is 2.39. The second-order valence-corrected chi connectivity index (χ2v) is 4.12. The molecule has 100 valence electrons. The van der Waals surface area contributed by atoms with Gasteiger partial charge in [0.05, 0.1) is 22.3 Å². The average Bonchev–Trinajstić information content (AvgIpc) is 2.49. The fourth-order valence-electron chi connectivity index (χ4n) is 1.41. The minimum Gasteiger partial charge on any atom is -0.319 e. The molecule has 0 aliphatic rings. The molecule has 2 rings (SSSR count). The quantitative estimate of drug-likeness (QED) is 0.582. The largest absolute Gasteiger partial charge is 0.319 e. The van der Waals surface area contributed by atoms with E-state index < -0.39 is 5.91 Å². The number of carbonyl (C=O) groups is 1. The molecule has 4 N–H and O–H groups in total. The molecule has 1 amide bonds. The first-order valence-corrected chi connectivity index (χ1v) is 5.83. The lowest BCUT2D eigenvalue weighted by Crippen LogP contribution is -2.16. The van der Waals surface area contributed by atoms with E-state index in [-0.39, 0.29) is 5.69 Å². The highest BCUT2D eigenvalue weighted by Gasteiger charge is 2.11. The van der Waals surface area contributed by atoms with E-state index in [0.717, 1.165) is 0 Å². The van der Waals surface area contributed by atoms with Crippen molar-refractivity contribution in [3.8, 4) is 6.07 Å². The molecule has 0 atom stereocenters. The molecule has 8 heteroatoms. The maximum atomic E-state index is 12.0. The number of aromatic nitrogens is 2. The van der Waals surface area contributed by atoms with Gasteiger partial charge in [-0.05, 0) is 30.3 Å². The molecular weight excluding hydrogens is 280 g/mol. The highest BCUT2D eigenvalue weighted by molar-refractivity contribution is 6.33. The monoisotopic (exact) mass is 288 g/mol. The molecule has 2 aromatic rings. The molecule has 1 aromatic carbocycles. The molecule has 0 saturated carbocycles. The molecule has 0 bridgehead atoms. The van der Waals surface area contributed by atoms with Crippen LogP contribution in [0.5, 0.6) is 0 Å². The Morgan fingerprint density at radius 3 is 2.70 bits per heavy atom. The Morgan fingerprint density at radius 2 is 2.10 bits per heavy atom. The van der Waals surface area contributed by atoms with Crippen LogP contribution in [0.25, 0.3) is 0 Å². The molecular formula is C12H9ClN6O. The van der Waals surface area contributed by atoms with Crippen molar-refractivity contribution in [2.45, 2.75) is 0 Å². The number of amides is 1. The van der Waals surface area contributed by atoms with Gasteiger partial charge in [-0.2, -0.15) is 5.26 Å². The van der Waals surface area contributed by atoms with Gasteiger partial charge in [-0.15, -0.1) is 10.2 Å². The first-order chi connectivity index (χ1) is 9.63. The molecule has 20 heavy (non-hydrogen) atoms. The van der Waals surface area contributed by atoms with Crippen LogP contribution < -0.4 is 16.6 Å². The molecule has 0 fully saturated rings. The topological polar surface area (TPSA) is 117 Å². The number of hydrogen-bond acceptors (Lipinski definition) is 6. The van der Waals surface area contributed by atoms with Crippen molar-refractivity contribution >= 4 is 29.0 Å². The van der Waals surface area contributed by atoms with Gasteiger partial charge in [0.1, 0.15) is 0 Å². The first kappa shape index (κ1) is 13.7. The predicted molar refractivity (Wildman–Crippen MR) is 74.0 cm³/mol. The van der Waals surface area contributed by atoms with Gasteiger partial charge in [0.25, 0.3) is 5.91 Å². The molecule has 0 aliphatic carbocycles. The van der Waals surface area contributed by atoms with Gasteiger partial charge in [-0.25, -0.2) is 5.84 Å². The molecule has 1 aromatic heterocycles. The zero-order chi connectivity index (χ0) is 14.5. The predicted octanol–water partition coefficient (Wildman–Crippen LogP) is 1.54. The average molecular weight is 289 g/mol. The summed E-state index contributed by atoms with van der Waals surface area (Å²) >= 11 is 5.95. The maximum absolute atomic E-state index is 12.0. The van der Waals surface area contributed by atoms with Crippen LogP contribution in [0, 0.1) is 11.3 Å². The minimum absolute atomic E-state index is 0.0995. The molecule has 0 unspecified atom stereocenters. The van der Waals surface area contributed by atoms with Gasteiger partial charge in [0.15, 0.2) is 11.5 Å². The van der Waals surface area contributed by atoms with E-state index in [4.69, 9.17) is 22.7 Å². The van der Waals surface area contributed by atoms with Gasteiger partial charge >= 0.3 is 0 Å². The minimum atomic E-state index is -0.488. The number of nitriles is 1. The smallest absolute Gasteiger partial charge is 0.276 e. The highest BCUT2D eigenvalue weighted by Crippen LogP contribution is 2.23. The van der Waals surface area contributed by atoms with Crippen LogP contribution >= 0.6 is 11.6 Å². The Balaban J connectivity index is 2.20. The van der Waals surface area contributed by atoms with Crippen LogP contribution in [0.15, 0.2) is 30.3 Å². The van der Waals surface area contributed by atoms with Crippen LogP contribution in [0.4, 0.5) is 11.5 Å². The number of hydrazine groups is 1. The van der Waals surface area contributed by atoms with Crippen LogP contribution in [0.1, 0.15) is 16.1 Å². The van der Waals surface area contributed by atoms with Gasteiger partial charge in [-0.3, -0.25) is 4.79 Å². The molecule has 0 radical (unpaired) electrons. The Labute approximate surface area is 119 Å². The maximum Gasteiger partial charge on any atom is 0.276 e. The van der Waals surface area contributed by atoms with Crippen molar-refractivity contribution in [1.29, 1.82) is 5.26 Å². The van der Waals surface area contributed by atoms with Crippen molar-refractivity contribution in [3.63, 3.8) is 0 Å². The number of nitrogens with zero attached hydrogens (tertiary/aromatic N) is 3. The van der Waals surface area contributed by atoms with Crippen molar-refractivity contribution in [1.82, 2.24) is 10.2 Å². The lowest BCUT2D eigenvalue weighted by Gasteiger charge is -2.07. The summed E-state index contributed by atoms with van der Waals surface area (Å²) in [5.74, 6) is 5.00. The molecule has 0 aliphatic heterocycles. The third kappa shape index (κ3) is 3.00. The van der Waals surface area contributed by atoms with Gasteiger partial charge in [0.2, 0.25) is 0 Å². The summed E-state index contributed by atoms with van der Waals surface area (Å²) in [6.07, 6.45) is 0. The summed E-state index contributed by atoms with van der Waals surface area (Å²) in [7, 11) is 0. The number of anilines is 2. The Hall–Kier alpha value is -2.69. The van der Waals surface area contributed by atoms with E-state index in [1.54, 1.807) is 6.07 Å². The van der Waals surface area contributed by atoms with Crippen molar-refractivity contribution in [2.24, 2.45) is 5.84 Å². The summed E-state index contributed by atoms with van der Waals surface area (Å²) < 4.78 is 0. The highest BCUT2D eigenvalue weighted by atomic mass is 35.5. The fraction of sp³-hybridized carbons (Fsp3) is 0. The van der Waals surface area contributed by atoms with E-state index in [2.05, 4.69) is 20.9 Å². The third-order valence-corrected chi connectivity index (χ3v) is 2.72. The van der Waals surface area contributed by atoms with Crippen LogP contribution in [-0.2, 0) is 0 Å². The van der Waals surface area contributed by atoms with Gasteiger partial charge < -0.3 is 10.7 Å². The normalized spacial score (nSPS) is 9.65. The number of nitrogen functional groups attached to an aromatic ring is 1.